The first-order valence-corrected chi connectivity index (χ1v) is 8.54. The molecule has 0 aliphatic heterocycles. The van der Waals surface area contributed by atoms with Gasteiger partial charge in [0.2, 0.25) is 0 Å². The molecule has 4 nitrogen and oxygen atoms in total. The van der Waals surface area contributed by atoms with E-state index in [0.717, 1.165) is 36.2 Å². The third-order valence-electron chi connectivity index (χ3n) is 3.22. The zero-order valence-corrected chi connectivity index (χ0v) is 14.3. The molecular formula is C17H24N4S. The molecule has 0 saturated carbocycles. The smallest absolute Gasteiger partial charge is 0.191 e. The normalized spacial score (nSPS) is 11.5. The Kier molecular flexibility index (Phi) is 6.40. The van der Waals surface area contributed by atoms with E-state index in [0.29, 0.717) is 6.54 Å². The third-order valence-corrected chi connectivity index (χ3v) is 4.05. The first kappa shape index (κ1) is 16.5. The minimum absolute atomic E-state index is 0.686. The second-order valence-electron chi connectivity index (χ2n) is 5.22. The van der Waals surface area contributed by atoms with Gasteiger partial charge in [-0.05, 0) is 26.3 Å². The molecule has 0 bridgehead atoms. The molecule has 2 aromatic rings. The topological polar surface area (TPSA) is 49.3 Å². The van der Waals surface area contributed by atoms with Gasteiger partial charge in [0.1, 0.15) is 0 Å². The maximum Gasteiger partial charge on any atom is 0.191 e. The highest BCUT2D eigenvalue weighted by Gasteiger charge is 2.00. The lowest BCUT2D eigenvalue weighted by molar-refractivity contribution is 0.790. The van der Waals surface area contributed by atoms with E-state index in [9.17, 15) is 0 Å². The van der Waals surface area contributed by atoms with Crippen LogP contribution >= 0.6 is 11.3 Å². The predicted octanol–water partition coefficient (Wildman–Crippen LogP) is 3.06. The summed E-state index contributed by atoms with van der Waals surface area (Å²) in [6.45, 7) is 8.59. The summed E-state index contributed by atoms with van der Waals surface area (Å²) in [6, 6.07) is 8.49. The van der Waals surface area contributed by atoms with E-state index >= 15 is 0 Å². The van der Waals surface area contributed by atoms with Gasteiger partial charge in [-0.3, -0.25) is 0 Å². The Morgan fingerprint density at radius 1 is 1.18 bits per heavy atom. The fourth-order valence-corrected chi connectivity index (χ4v) is 2.68. The molecule has 0 fully saturated rings. The summed E-state index contributed by atoms with van der Waals surface area (Å²) in [5.41, 5.74) is 3.64. The van der Waals surface area contributed by atoms with Crippen LogP contribution in [0, 0.1) is 13.8 Å². The first-order chi connectivity index (χ1) is 10.7. The van der Waals surface area contributed by atoms with Gasteiger partial charge in [-0.1, -0.05) is 29.8 Å². The van der Waals surface area contributed by atoms with Crippen molar-refractivity contribution >= 4 is 17.3 Å². The number of aromatic nitrogens is 1. The van der Waals surface area contributed by atoms with Crippen molar-refractivity contribution in [2.24, 2.45) is 4.99 Å². The Morgan fingerprint density at radius 2 is 1.95 bits per heavy atom. The fraction of sp³-hybridized carbons (Fsp3) is 0.412. The Balaban J connectivity index is 1.85. The van der Waals surface area contributed by atoms with Crippen molar-refractivity contribution in [2.75, 3.05) is 13.1 Å². The van der Waals surface area contributed by atoms with Crippen LogP contribution < -0.4 is 10.6 Å². The van der Waals surface area contributed by atoms with Crippen LogP contribution in [-0.2, 0) is 13.0 Å². The molecule has 1 aromatic carbocycles. The van der Waals surface area contributed by atoms with Crippen LogP contribution in [0.5, 0.6) is 0 Å². The molecule has 0 saturated heterocycles. The lowest BCUT2D eigenvalue weighted by Crippen LogP contribution is -2.38. The van der Waals surface area contributed by atoms with Gasteiger partial charge < -0.3 is 10.6 Å². The number of hydrogen-bond donors (Lipinski definition) is 2. The van der Waals surface area contributed by atoms with Gasteiger partial charge >= 0.3 is 0 Å². The second-order valence-corrected chi connectivity index (χ2v) is 6.28. The molecule has 118 valence electrons. The number of aliphatic imine (C=N–C) groups is 1. The molecule has 0 spiro atoms. The summed E-state index contributed by atoms with van der Waals surface area (Å²) in [5, 5.41) is 9.88. The Hall–Kier alpha value is -1.88. The number of rotatable bonds is 6. The number of nitrogens with zero attached hydrogens (tertiary/aromatic N) is 2. The second kappa shape index (κ2) is 8.54. The van der Waals surface area contributed by atoms with Crippen LogP contribution in [0.1, 0.15) is 28.8 Å². The average Bonchev–Trinajstić information content (AvgIpc) is 2.92. The van der Waals surface area contributed by atoms with Gasteiger partial charge in [-0.2, -0.15) is 0 Å². The number of hydrogen-bond acceptors (Lipinski definition) is 3. The number of nitrogens with one attached hydrogen (secondary N) is 2. The third kappa shape index (κ3) is 5.48. The van der Waals surface area contributed by atoms with E-state index in [1.54, 1.807) is 11.3 Å². The highest BCUT2D eigenvalue weighted by molar-refractivity contribution is 7.09. The molecule has 1 heterocycles. The molecule has 0 aliphatic carbocycles. The Labute approximate surface area is 136 Å². The van der Waals surface area contributed by atoms with E-state index in [1.165, 1.54) is 11.1 Å². The number of thiazole rings is 1. The summed E-state index contributed by atoms with van der Waals surface area (Å²) in [6.07, 6.45) is 0.916. The molecule has 2 rings (SSSR count). The highest BCUT2D eigenvalue weighted by Crippen LogP contribution is 2.08. The minimum atomic E-state index is 0.686. The standard InChI is InChI=1S/C17H24N4S/c1-4-18-17(19-10-9-16-12-22-14(3)21-16)20-11-15-7-5-13(2)6-8-15/h5-8,12H,4,9-11H2,1-3H3,(H2,18,19,20). The predicted molar refractivity (Wildman–Crippen MR) is 94.6 cm³/mol. The van der Waals surface area contributed by atoms with E-state index in [-0.39, 0.29) is 0 Å². The maximum atomic E-state index is 4.63. The van der Waals surface area contributed by atoms with Crippen molar-refractivity contribution in [3.63, 3.8) is 0 Å². The highest BCUT2D eigenvalue weighted by atomic mass is 32.1. The van der Waals surface area contributed by atoms with Crippen LogP contribution in [0.2, 0.25) is 0 Å². The average molecular weight is 316 g/mol. The summed E-state index contributed by atoms with van der Waals surface area (Å²) >= 11 is 1.70. The Morgan fingerprint density at radius 3 is 2.59 bits per heavy atom. The van der Waals surface area contributed by atoms with Crippen LogP contribution in [0.25, 0.3) is 0 Å². The summed E-state index contributed by atoms with van der Waals surface area (Å²) in [7, 11) is 0. The lowest BCUT2D eigenvalue weighted by Gasteiger charge is -2.10. The molecule has 0 atom stereocenters. The molecule has 0 radical (unpaired) electrons. The molecule has 0 aliphatic rings. The van der Waals surface area contributed by atoms with Gasteiger partial charge in [0.15, 0.2) is 5.96 Å². The zero-order chi connectivity index (χ0) is 15.8. The largest absolute Gasteiger partial charge is 0.357 e. The van der Waals surface area contributed by atoms with Crippen molar-refractivity contribution in [1.29, 1.82) is 0 Å². The van der Waals surface area contributed by atoms with Crippen LogP contribution in [-0.4, -0.2) is 24.0 Å². The Bertz CT molecular complexity index is 601. The van der Waals surface area contributed by atoms with E-state index in [4.69, 9.17) is 0 Å². The first-order valence-electron chi connectivity index (χ1n) is 7.66. The van der Waals surface area contributed by atoms with Gasteiger partial charge in [0.05, 0.1) is 17.2 Å². The molecule has 2 N–H and O–H groups in total. The SMILES string of the molecule is CCNC(=NCc1ccc(C)cc1)NCCc1csc(C)n1. The quantitative estimate of drug-likeness (QED) is 0.636. The molecule has 0 unspecified atom stereocenters. The van der Waals surface area contributed by atoms with Gasteiger partial charge in [-0.25, -0.2) is 9.98 Å². The lowest BCUT2D eigenvalue weighted by atomic mass is 10.1. The maximum absolute atomic E-state index is 4.63. The van der Waals surface area contributed by atoms with Crippen molar-refractivity contribution in [3.8, 4) is 0 Å². The zero-order valence-electron chi connectivity index (χ0n) is 13.5. The summed E-state index contributed by atoms with van der Waals surface area (Å²) in [5.74, 6) is 0.857. The van der Waals surface area contributed by atoms with Crippen molar-refractivity contribution < 1.29 is 0 Å². The van der Waals surface area contributed by atoms with Gasteiger partial charge in [0, 0.05) is 24.9 Å². The molecular weight excluding hydrogens is 292 g/mol. The number of aryl methyl sites for hydroxylation is 2. The fourth-order valence-electron chi connectivity index (χ4n) is 2.04. The summed E-state index contributed by atoms with van der Waals surface area (Å²) in [4.78, 5) is 9.10. The van der Waals surface area contributed by atoms with Gasteiger partial charge in [-0.15, -0.1) is 11.3 Å². The molecule has 0 amide bonds. The van der Waals surface area contributed by atoms with Crippen LogP contribution in [0.3, 0.4) is 0 Å². The molecule has 22 heavy (non-hydrogen) atoms. The number of guanidine groups is 1. The van der Waals surface area contributed by atoms with Crippen molar-refractivity contribution in [2.45, 2.75) is 33.7 Å². The van der Waals surface area contributed by atoms with E-state index < -0.39 is 0 Å². The van der Waals surface area contributed by atoms with E-state index in [2.05, 4.69) is 64.1 Å². The molecule has 5 heteroatoms. The van der Waals surface area contributed by atoms with Gasteiger partial charge in [0.25, 0.3) is 0 Å². The number of benzene rings is 1. The van der Waals surface area contributed by atoms with Crippen LogP contribution in [0.4, 0.5) is 0 Å². The van der Waals surface area contributed by atoms with Crippen molar-refractivity contribution in [3.05, 3.63) is 51.5 Å². The van der Waals surface area contributed by atoms with Crippen molar-refractivity contribution in [1.82, 2.24) is 15.6 Å². The van der Waals surface area contributed by atoms with E-state index in [1.807, 2.05) is 6.92 Å². The van der Waals surface area contributed by atoms with Crippen LogP contribution in [0.15, 0.2) is 34.6 Å². The minimum Gasteiger partial charge on any atom is -0.357 e. The molecule has 1 aromatic heterocycles. The summed E-state index contributed by atoms with van der Waals surface area (Å²) < 4.78 is 0. The monoisotopic (exact) mass is 316 g/mol.